The normalized spacial score (nSPS) is 13.1. The lowest BCUT2D eigenvalue weighted by atomic mass is 10.0. The van der Waals surface area contributed by atoms with Gasteiger partial charge in [-0.05, 0) is 66.2 Å². The van der Waals surface area contributed by atoms with E-state index in [0.29, 0.717) is 23.9 Å². The van der Waals surface area contributed by atoms with Gasteiger partial charge in [-0.15, -0.1) is 0 Å². The molecule has 0 atom stereocenters. The highest BCUT2D eigenvalue weighted by Crippen LogP contribution is 2.30. The minimum atomic E-state index is -0.0747. The van der Waals surface area contributed by atoms with Crippen molar-refractivity contribution in [3.63, 3.8) is 0 Å². The molecule has 1 heterocycles. The van der Waals surface area contributed by atoms with Crippen LogP contribution in [0.4, 0.5) is 5.69 Å². The van der Waals surface area contributed by atoms with Crippen LogP contribution in [0.25, 0.3) is 6.08 Å². The van der Waals surface area contributed by atoms with Gasteiger partial charge in [0.1, 0.15) is 11.5 Å². The molecule has 3 aromatic rings. The number of methoxy groups -OCH3 is 1. The number of halogens is 1. The van der Waals surface area contributed by atoms with Gasteiger partial charge in [0.25, 0.3) is 0 Å². The van der Waals surface area contributed by atoms with Gasteiger partial charge in [-0.25, -0.2) is 0 Å². The molecule has 0 spiro atoms. The summed E-state index contributed by atoms with van der Waals surface area (Å²) < 4.78 is 11.1. The fourth-order valence-corrected chi connectivity index (χ4v) is 3.43. The van der Waals surface area contributed by atoms with Gasteiger partial charge in [0, 0.05) is 28.4 Å². The van der Waals surface area contributed by atoms with Crippen molar-refractivity contribution in [1.82, 2.24) is 0 Å². The zero-order chi connectivity index (χ0) is 20.2. The van der Waals surface area contributed by atoms with Gasteiger partial charge in [0.15, 0.2) is 12.5 Å². The number of fused-ring (bicyclic) bond motifs is 1. The van der Waals surface area contributed by atoms with E-state index in [1.54, 1.807) is 31.4 Å². The van der Waals surface area contributed by atoms with Crippen molar-refractivity contribution in [1.29, 1.82) is 0 Å². The van der Waals surface area contributed by atoms with E-state index in [9.17, 15) is 4.79 Å². The maximum absolute atomic E-state index is 12.6. The Kier molecular flexibility index (Phi) is 5.54. The molecule has 3 aromatic carbocycles. The van der Waals surface area contributed by atoms with Crippen LogP contribution in [0, 0.1) is 0 Å². The average molecular weight is 406 g/mol. The maximum Gasteiger partial charge on any atom is 0.185 e. The molecule has 0 saturated heterocycles. The third-order valence-corrected chi connectivity index (χ3v) is 5.18. The Morgan fingerprint density at radius 1 is 1.10 bits per heavy atom. The SMILES string of the molecule is COc1ccc(N2COc3ccc(C(=O)/C=C/c4ccccc4Cl)cc3C2)cc1. The van der Waals surface area contributed by atoms with E-state index in [-0.39, 0.29) is 5.78 Å². The monoisotopic (exact) mass is 405 g/mol. The lowest BCUT2D eigenvalue weighted by Gasteiger charge is -2.31. The molecule has 0 bridgehead atoms. The summed E-state index contributed by atoms with van der Waals surface area (Å²) in [4.78, 5) is 14.7. The van der Waals surface area contributed by atoms with Crippen LogP contribution in [0.15, 0.2) is 72.8 Å². The second-order valence-corrected chi connectivity index (χ2v) is 7.12. The fourth-order valence-electron chi connectivity index (χ4n) is 3.23. The topological polar surface area (TPSA) is 38.8 Å². The summed E-state index contributed by atoms with van der Waals surface area (Å²) in [5, 5.41) is 0.616. The third kappa shape index (κ3) is 4.28. The van der Waals surface area contributed by atoms with Crippen LogP contribution in [0.3, 0.4) is 0 Å². The molecule has 0 saturated carbocycles. The van der Waals surface area contributed by atoms with E-state index < -0.39 is 0 Å². The number of hydrogen-bond donors (Lipinski definition) is 0. The summed E-state index contributed by atoms with van der Waals surface area (Å²) in [6.45, 7) is 1.12. The molecular formula is C24H20ClNO3. The number of carbonyl (C=O) groups is 1. The Morgan fingerprint density at radius 2 is 1.90 bits per heavy atom. The van der Waals surface area contributed by atoms with Crippen molar-refractivity contribution < 1.29 is 14.3 Å². The molecule has 1 aliphatic rings. The molecule has 0 fully saturated rings. The summed E-state index contributed by atoms with van der Waals surface area (Å²) >= 11 is 6.15. The molecule has 0 aromatic heterocycles. The molecule has 0 aliphatic carbocycles. The average Bonchev–Trinajstić information content (AvgIpc) is 2.77. The first-order valence-corrected chi connectivity index (χ1v) is 9.63. The number of benzene rings is 3. The predicted octanol–water partition coefficient (Wildman–Crippen LogP) is 5.60. The first-order valence-electron chi connectivity index (χ1n) is 9.26. The van der Waals surface area contributed by atoms with Gasteiger partial charge in [0.05, 0.1) is 7.11 Å². The van der Waals surface area contributed by atoms with E-state index >= 15 is 0 Å². The zero-order valence-corrected chi connectivity index (χ0v) is 16.7. The van der Waals surface area contributed by atoms with Crippen LogP contribution >= 0.6 is 11.6 Å². The lowest BCUT2D eigenvalue weighted by Crippen LogP contribution is -2.31. The number of rotatable bonds is 5. The molecule has 5 heteroatoms. The Bertz CT molecular complexity index is 1060. The van der Waals surface area contributed by atoms with E-state index in [1.807, 2.05) is 54.6 Å². The number of ether oxygens (including phenoxy) is 2. The van der Waals surface area contributed by atoms with Gasteiger partial charge in [-0.1, -0.05) is 29.8 Å². The van der Waals surface area contributed by atoms with Crippen molar-refractivity contribution in [3.8, 4) is 11.5 Å². The van der Waals surface area contributed by atoms with E-state index in [0.717, 1.165) is 28.3 Å². The molecular weight excluding hydrogens is 386 g/mol. The Hall–Kier alpha value is -3.24. The predicted molar refractivity (Wildman–Crippen MR) is 116 cm³/mol. The molecule has 0 unspecified atom stereocenters. The molecule has 0 radical (unpaired) electrons. The molecule has 146 valence electrons. The maximum atomic E-state index is 12.6. The van der Waals surface area contributed by atoms with Crippen LogP contribution in [0.1, 0.15) is 21.5 Å². The van der Waals surface area contributed by atoms with E-state index in [2.05, 4.69) is 4.90 Å². The van der Waals surface area contributed by atoms with Crippen LogP contribution < -0.4 is 14.4 Å². The number of ketones is 1. The molecule has 4 rings (SSSR count). The van der Waals surface area contributed by atoms with Crippen LogP contribution in [0.2, 0.25) is 5.02 Å². The highest BCUT2D eigenvalue weighted by molar-refractivity contribution is 6.32. The van der Waals surface area contributed by atoms with E-state index in [4.69, 9.17) is 21.1 Å². The van der Waals surface area contributed by atoms with Gasteiger partial charge in [-0.3, -0.25) is 4.79 Å². The largest absolute Gasteiger partial charge is 0.497 e. The molecule has 0 amide bonds. The van der Waals surface area contributed by atoms with Crippen molar-refractivity contribution in [2.75, 3.05) is 18.7 Å². The molecule has 1 aliphatic heterocycles. The summed E-state index contributed by atoms with van der Waals surface area (Å²) in [5.74, 6) is 1.54. The lowest BCUT2D eigenvalue weighted by molar-refractivity contribution is 0.104. The van der Waals surface area contributed by atoms with Gasteiger partial charge in [0.2, 0.25) is 0 Å². The van der Waals surface area contributed by atoms with Gasteiger partial charge in [-0.2, -0.15) is 0 Å². The van der Waals surface area contributed by atoms with Gasteiger partial charge < -0.3 is 14.4 Å². The Morgan fingerprint density at radius 3 is 2.66 bits per heavy atom. The summed E-state index contributed by atoms with van der Waals surface area (Å²) in [7, 11) is 1.65. The standard InChI is InChI=1S/C24H20ClNO3/c1-28-21-10-8-20(9-11-21)26-15-19-14-18(7-13-24(19)29-16-26)23(27)12-6-17-4-2-3-5-22(17)25/h2-14H,15-16H2,1H3/b12-6+. The van der Waals surface area contributed by atoms with Crippen molar-refractivity contribution in [3.05, 3.63) is 94.5 Å². The zero-order valence-electron chi connectivity index (χ0n) is 16.0. The summed E-state index contributed by atoms with van der Waals surface area (Å²) in [5.41, 5.74) is 3.44. The van der Waals surface area contributed by atoms with Crippen LogP contribution in [-0.4, -0.2) is 19.6 Å². The fraction of sp³-hybridized carbons (Fsp3) is 0.125. The first-order chi connectivity index (χ1) is 14.1. The number of anilines is 1. The number of nitrogens with zero attached hydrogens (tertiary/aromatic N) is 1. The smallest absolute Gasteiger partial charge is 0.185 e. The Balaban J connectivity index is 1.52. The highest BCUT2D eigenvalue weighted by atomic mass is 35.5. The van der Waals surface area contributed by atoms with Gasteiger partial charge >= 0.3 is 0 Å². The number of allylic oxidation sites excluding steroid dienone is 1. The molecule has 4 nitrogen and oxygen atoms in total. The number of carbonyl (C=O) groups excluding carboxylic acids is 1. The summed E-state index contributed by atoms with van der Waals surface area (Å²) in [6, 6.07) is 20.8. The minimum Gasteiger partial charge on any atom is -0.497 e. The first kappa shape index (κ1) is 19.1. The van der Waals surface area contributed by atoms with Crippen molar-refractivity contribution >= 4 is 29.1 Å². The van der Waals surface area contributed by atoms with Crippen LogP contribution in [0.5, 0.6) is 11.5 Å². The van der Waals surface area contributed by atoms with Crippen LogP contribution in [-0.2, 0) is 6.54 Å². The van der Waals surface area contributed by atoms with E-state index in [1.165, 1.54) is 0 Å². The minimum absolute atomic E-state index is 0.0747. The molecule has 29 heavy (non-hydrogen) atoms. The quantitative estimate of drug-likeness (QED) is 0.409. The third-order valence-electron chi connectivity index (χ3n) is 4.84. The summed E-state index contributed by atoms with van der Waals surface area (Å²) in [6.07, 6.45) is 3.29. The second-order valence-electron chi connectivity index (χ2n) is 6.71. The Labute approximate surface area is 174 Å². The van der Waals surface area contributed by atoms with Crippen molar-refractivity contribution in [2.45, 2.75) is 6.54 Å². The second kappa shape index (κ2) is 8.41. The molecule has 0 N–H and O–H groups in total. The number of hydrogen-bond acceptors (Lipinski definition) is 4. The highest BCUT2D eigenvalue weighted by Gasteiger charge is 2.19. The van der Waals surface area contributed by atoms with Crippen molar-refractivity contribution in [2.24, 2.45) is 0 Å².